The summed E-state index contributed by atoms with van der Waals surface area (Å²) in [6.45, 7) is 2.51. The fourth-order valence-corrected chi connectivity index (χ4v) is 2.58. The molecule has 0 saturated heterocycles. The van der Waals surface area contributed by atoms with Gasteiger partial charge in [0.05, 0.1) is 19.4 Å². The number of urea groups is 1. The number of rotatable bonds is 5. The summed E-state index contributed by atoms with van der Waals surface area (Å²) in [7, 11) is 1.56. The first kappa shape index (κ1) is 15.1. The van der Waals surface area contributed by atoms with Crippen LogP contribution in [-0.4, -0.2) is 31.4 Å². The Balaban J connectivity index is 2.00. The molecule has 0 atom stereocenters. The van der Waals surface area contributed by atoms with Crippen molar-refractivity contribution in [2.24, 2.45) is 5.41 Å². The minimum absolute atomic E-state index is 0.101. The van der Waals surface area contributed by atoms with E-state index in [0.717, 1.165) is 22.9 Å². The van der Waals surface area contributed by atoms with E-state index in [0.29, 0.717) is 18.0 Å². The summed E-state index contributed by atoms with van der Waals surface area (Å²) >= 11 is 3.39. The molecule has 0 unspecified atom stereocenters. The molecule has 0 spiro atoms. The van der Waals surface area contributed by atoms with Gasteiger partial charge in [-0.05, 0) is 37.5 Å². The number of benzene rings is 1. The summed E-state index contributed by atoms with van der Waals surface area (Å²) in [6.07, 6.45) is 1.93. The van der Waals surface area contributed by atoms with E-state index in [4.69, 9.17) is 4.74 Å². The lowest BCUT2D eigenvalue weighted by Gasteiger charge is -2.16. The van der Waals surface area contributed by atoms with Gasteiger partial charge in [0, 0.05) is 16.4 Å². The predicted octanol–water partition coefficient (Wildman–Crippen LogP) is 2.66. The van der Waals surface area contributed by atoms with E-state index in [1.54, 1.807) is 13.2 Å². The summed E-state index contributed by atoms with van der Waals surface area (Å²) < 4.78 is 6.17. The highest BCUT2D eigenvalue weighted by Gasteiger charge is 2.42. The van der Waals surface area contributed by atoms with Crippen LogP contribution in [0.1, 0.15) is 18.4 Å². The van der Waals surface area contributed by atoms with E-state index in [2.05, 4.69) is 26.6 Å². The monoisotopic (exact) mass is 342 g/mol. The molecule has 2 amide bonds. The first-order chi connectivity index (χ1) is 9.49. The van der Waals surface area contributed by atoms with Crippen LogP contribution in [0.4, 0.5) is 10.5 Å². The smallest absolute Gasteiger partial charge is 0.319 e. The molecular formula is C14H19BrN2O3. The Morgan fingerprint density at radius 3 is 2.75 bits per heavy atom. The molecule has 1 aliphatic carbocycles. The van der Waals surface area contributed by atoms with Crippen molar-refractivity contribution >= 4 is 27.6 Å². The van der Waals surface area contributed by atoms with Crippen LogP contribution >= 0.6 is 15.9 Å². The molecule has 0 bridgehead atoms. The predicted molar refractivity (Wildman–Crippen MR) is 81.2 cm³/mol. The van der Waals surface area contributed by atoms with Crippen molar-refractivity contribution in [2.45, 2.75) is 19.8 Å². The number of anilines is 1. The van der Waals surface area contributed by atoms with Gasteiger partial charge in [0.25, 0.3) is 0 Å². The van der Waals surface area contributed by atoms with Crippen molar-refractivity contribution in [3.05, 3.63) is 22.2 Å². The van der Waals surface area contributed by atoms with Crippen LogP contribution in [-0.2, 0) is 0 Å². The molecule has 1 aliphatic rings. The van der Waals surface area contributed by atoms with Crippen LogP contribution in [0.5, 0.6) is 5.75 Å². The maximum Gasteiger partial charge on any atom is 0.319 e. The van der Waals surface area contributed by atoms with E-state index in [1.165, 1.54) is 0 Å². The lowest BCUT2D eigenvalue weighted by atomic mass is 10.1. The summed E-state index contributed by atoms with van der Waals surface area (Å²) in [4.78, 5) is 11.9. The fourth-order valence-electron chi connectivity index (χ4n) is 2.03. The SMILES string of the molecule is COc1cc(Br)cc(C)c1NC(=O)NCC1(CO)CC1. The number of nitrogens with one attached hydrogen (secondary N) is 2. The fraction of sp³-hybridized carbons (Fsp3) is 0.500. The number of hydrogen-bond acceptors (Lipinski definition) is 3. The molecule has 110 valence electrons. The Morgan fingerprint density at radius 1 is 1.50 bits per heavy atom. The number of amides is 2. The number of hydrogen-bond donors (Lipinski definition) is 3. The van der Waals surface area contributed by atoms with Gasteiger partial charge < -0.3 is 20.5 Å². The molecule has 20 heavy (non-hydrogen) atoms. The average molecular weight is 343 g/mol. The zero-order valence-corrected chi connectivity index (χ0v) is 13.2. The molecule has 3 N–H and O–H groups in total. The molecule has 0 heterocycles. The summed E-state index contributed by atoms with van der Waals surface area (Å²) in [5.41, 5.74) is 1.47. The standard InChI is InChI=1S/C14H19BrN2O3/c1-9-5-10(15)6-11(20-2)12(9)17-13(19)16-7-14(8-18)3-4-14/h5-6,18H,3-4,7-8H2,1-2H3,(H2,16,17,19). The lowest BCUT2D eigenvalue weighted by Crippen LogP contribution is -2.35. The summed E-state index contributed by atoms with van der Waals surface area (Å²) in [5, 5.41) is 14.8. The van der Waals surface area contributed by atoms with Crippen LogP contribution in [0.15, 0.2) is 16.6 Å². The maximum atomic E-state index is 11.9. The quantitative estimate of drug-likeness (QED) is 0.770. The third-order valence-electron chi connectivity index (χ3n) is 3.64. The molecule has 1 aromatic rings. The molecule has 2 rings (SSSR count). The van der Waals surface area contributed by atoms with Gasteiger partial charge in [0.2, 0.25) is 0 Å². The van der Waals surface area contributed by atoms with Crippen LogP contribution in [0.3, 0.4) is 0 Å². The van der Waals surface area contributed by atoms with Crippen molar-refractivity contribution in [2.75, 3.05) is 25.6 Å². The Labute approximate surface area is 126 Å². The summed E-state index contributed by atoms with van der Waals surface area (Å²) in [5.74, 6) is 0.607. The second-order valence-corrected chi connectivity index (χ2v) is 6.18. The van der Waals surface area contributed by atoms with Gasteiger partial charge in [-0.2, -0.15) is 0 Å². The van der Waals surface area contributed by atoms with Crippen molar-refractivity contribution < 1.29 is 14.6 Å². The normalized spacial score (nSPS) is 15.6. The third-order valence-corrected chi connectivity index (χ3v) is 4.10. The first-order valence-corrected chi connectivity index (χ1v) is 7.29. The van der Waals surface area contributed by atoms with E-state index in [1.807, 2.05) is 13.0 Å². The topological polar surface area (TPSA) is 70.6 Å². The van der Waals surface area contributed by atoms with E-state index in [-0.39, 0.29) is 18.1 Å². The molecule has 5 nitrogen and oxygen atoms in total. The van der Waals surface area contributed by atoms with Gasteiger partial charge in [-0.15, -0.1) is 0 Å². The number of ether oxygens (including phenoxy) is 1. The number of halogens is 1. The number of carbonyl (C=O) groups excluding carboxylic acids is 1. The molecule has 1 saturated carbocycles. The molecule has 0 radical (unpaired) electrons. The third kappa shape index (κ3) is 3.43. The van der Waals surface area contributed by atoms with Gasteiger partial charge in [-0.1, -0.05) is 15.9 Å². The van der Waals surface area contributed by atoms with Crippen molar-refractivity contribution in [1.29, 1.82) is 0 Å². The zero-order chi connectivity index (χ0) is 14.8. The van der Waals surface area contributed by atoms with Crippen LogP contribution in [0, 0.1) is 12.3 Å². The van der Waals surface area contributed by atoms with Crippen LogP contribution in [0.25, 0.3) is 0 Å². The maximum absolute atomic E-state index is 11.9. The first-order valence-electron chi connectivity index (χ1n) is 6.49. The summed E-state index contributed by atoms with van der Waals surface area (Å²) in [6, 6.07) is 3.43. The molecule has 6 heteroatoms. The second kappa shape index (κ2) is 6.01. The lowest BCUT2D eigenvalue weighted by molar-refractivity contribution is 0.206. The number of aryl methyl sites for hydroxylation is 1. The van der Waals surface area contributed by atoms with Crippen LogP contribution in [0.2, 0.25) is 0 Å². The molecular weight excluding hydrogens is 324 g/mol. The van der Waals surface area contributed by atoms with Gasteiger partial charge in [-0.25, -0.2) is 4.79 Å². The minimum atomic E-state index is -0.284. The number of aliphatic hydroxyl groups excluding tert-OH is 1. The van der Waals surface area contributed by atoms with Crippen molar-refractivity contribution in [1.82, 2.24) is 5.32 Å². The Morgan fingerprint density at radius 2 is 2.20 bits per heavy atom. The number of aliphatic hydroxyl groups is 1. The number of methoxy groups -OCH3 is 1. The van der Waals surface area contributed by atoms with E-state index in [9.17, 15) is 9.90 Å². The minimum Gasteiger partial charge on any atom is -0.495 e. The Bertz CT molecular complexity index is 515. The average Bonchev–Trinajstić information content (AvgIpc) is 3.20. The van der Waals surface area contributed by atoms with E-state index >= 15 is 0 Å². The van der Waals surface area contributed by atoms with Crippen LogP contribution < -0.4 is 15.4 Å². The highest BCUT2D eigenvalue weighted by Crippen LogP contribution is 2.44. The van der Waals surface area contributed by atoms with Gasteiger partial charge in [0.1, 0.15) is 5.75 Å². The van der Waals surface area contributed by atoms with Crippen molar-refractivity contribution in [3.63, 3.8) is 0 Å². The van der Waals surface area contributed by atoms with E-state index < -0.39 is 0 Å². The van der Waals surface area contributed by atoms with Crippen molar-refractivity contribution in [3.8, 4) is 5.75 Å². The molecule has 0 aliphatic heterocycles. The largest absolute Gasteiger partial charge is 0.495 e. The molecule has 1 fully saturated rings. The molecule has 1 aromatic carbocycles. The Kier molecular flexibility index (Phi) is 4.55. The zero-order valence-electron chi connectivity index (χ0n) is 11.6. The van der Waals surface area contributed by atoms with Gasteiger partial charge in [-0.3, -0.25) is 0 Å². The van der Waals surface area contributed by atoms with Gasteiger partial charge in [0.15, 0.2) is 0 Å². The highest BCUT2D eigenvalue weighted by atomic mass is 79.9. The van der Waals surface area contributed by atoms with Gasteiger partial charge >= 0.3 is 6.03 Å². The number of carbonyl (C=O) groups is 1. The Hall–Kier alpha value is -1.27. The highest BCUT2D eigenvalue weighted by molar-refractivity contribution is 9.10. The second-order valence-electron chi connectivity index (χ2n) is 5.27. The molecule has 0 aromatic heterocycles.